The molecular weight excluding hydrogens is 484 g/mol. The first kappa shape index (κ1) is 27.7. The zero-order valence-electron chi connectivity index (χ0n) is 22.2. The molecule has 3 unspecified atom stereocenters. The van der Waals surface area contributed by atoms with Crippen molar-refractivity contribution in [2.75, 3.05) is 26.2 Å². The van der Waals surface area contributed by atoms with Gasteiger partial charge in [-0.15, -0.1) is 0 Å². The molecule has 1 aliphatic heterocycles. The van der Waals surface area contributed by atoms with Crippen LogP contribution in [0.4, 0.5) is 4.39 Å². The molecule has 0 aromatic heterocycles. The van der Waals surface area contributed by atoms with Crippen molar-refractivity contribution in [3.8, 4) is 11.1 Å². The molecule has 5 nitrogen and oxygen atoms in total. The van der Waals surface area contributed by atoms with Crippen molar-refractivity contribution >= 4 is 21.1 Å². The highest BCUT2D eigenvalue weighted by Gasteiger charge is 2.48. The number of benzene rings is 2. The molecule has 2 aromatic rings. The number of fused-ring (bicyclic) bond motifs is 3. The lowest BCUT2D eigenvalue weighted by atomic mass is 9.73. The summed E-state index contributed by atoms with van der Waals surface area (Å²) in [5, 5.41) is 4.54. The van der Waals surface area contributed by atoms with Crippen LogP contribution in [0.25, 0.3) is 11.1 Å². The van der Waals surface area contributed by atoms with Crippen molar-refractivity contribution in [3.05, 3.63) is 59.7 Å². The summed E-state index contributed by atoms with van der Waals surface area (Å²) in [4.78, 5) is 28.4. The van der Waals surface area contributed by atoms with Crippen LogP contribution in [0.1, 0.15) is 69.9 Å². The van der Waals surface area contributed by atoms with Crippen molar-refractivity contribution in [1.82, 2.24) is 15.5 Å². The Bertz CT molecular complexity index is 1050. The molecule has 1 fully saturated rings. The van der Waals surface area contributed by atoms with Crippen LogP contribution >= 0.6 is 9.24 Å². The molecule has 0 radical (unpaired) electrons. The lowest BCUT2D eigenvalue weighted by Gasteiger charge is -2.32. The van der Waals surface area contributed by atoms with Gasteiger partial charge in [0.15, 0.2) is 0 Å². The van der Waals surface area contributed by atoms with Gasteiger partial charge in [-0.1, -0.05) is 77.5 Å². The minimum Gasteiger partial charge on any atom is -0.352 e. The Labute approximate surface area is 223 Å². The van der Waals surface area contributed by atoms with E-state index in [4.69, 9.17) is 0 Å². The van der Waals surface area contributed by atoms with Gasteiger partial charge in [0.1, 0.15) is 10.8 Å². The maximum atomic E-state index is 14.3. The van der Waals surface area contributed by atoms with Crippen molar-refractivity contribution in [2.24, 2.45) is 0 Å². The maximum Gasteiger partial charge on any atom is 0.235 e. The summed E-state index contributed by atoms with van der Waals surface area (Å²) in [6.45, 7) is 6.31. The van der Waals surface area contributed by atoms with E-state index in [2.05, 4.69) is 56.0 Å². The normalized spacial score (nSPS) is 19.6. The van der Waals surface area contributed by atoms with Crippen LogP contribution in [0, 0.1) is 0 Å². The summed E-state index contributed by atoms with van der Waals surface area (Å²) in [6, 6.07) is 16.5. The summed E-state index contributed by atoms with van der Waals surface area (Å²) in [5.74, 6) is 0.0299. The van der Waals surface area contributed by atoms with E-state index in [1.54, 1.807) is 0 Å². The number of nitrogens with one attached hydrogen (secondary N) is 2. The summed E-state index contributed by atoms with van der Waals surface area (Å²) in [7, 11) is 2.17. The van der Waals surface area contributed by atoms with Crippen LogP contribution in [-0.2, 0) is 15.0 Å². The number of halogens is 1. The van der Waals surface area contributed by atoms with Gasteiger partial charge in [0.05, 0.1) is 6.54 Å². The molecule has 1 aliphatic carbocycles. The fraction of sp³-hybridized carbons (Fsp3) is 0.533. The molecule has 3 atom stereocenters. The van der Waals surface area contributed by atoms with Gasteiger partial charge >= 0.3 is 0 Å². The number of carbonyl (C=O) groups is 2. The third-order valence-electron chi connectivity index (χ3n) is 7.72. The molecule has 0 saturated carbocycles. The first-order chi connectivity index (χ1) is 17.7. The van der Waals surface area contributed by atoms with E-state index in [-0.39, 0.29) is 24.4 Å². The predicted octanol–water partition coefficient (Wildman–Crippen LogP) is 5.18. The van der Waals surface area contributed by atoms with E-state index >= 15 is 0 Å². The number of hydrogen-bond acceptors (Lipinski definition) is 3. The monoisotopic (exact) mass is 525 g/mol. The molecule has 37 heavy (non-hydrogen) atoms. The van der Waals surface area contributed by atoms with E-state index in [0.717, 1.165) is 74.0 Å². The summed E-state index contributed by atoms with van der Waals surface area (Å²) >= 11 is 0. The van der Waals surface area contributed by atoms with Crippen molar-refractivity contribution < 1.29 is 14.0 Å². The summed E-state index contributed by atoms with van der Waals surface area (Å²) < 4.78 is 14.3. The average molecular weight is 526 g/mol. The van der Waals surface area contributed by atoms with E-state index in [9.17, 15) is 14.0 Å². The topological polar surface area (TPSA) is 61.4 Å². The van der Waals surface area contributed by atoms with Crippen LogP contribution in [0.2, 0.25) is 0 Å². The molecule has 7 heteroatoms. The third-order valence-corrected chi connectivity index (χ3v) is 7.92. The lowest BCUT2D eigenvalue weighted by Crippen LogP contribution is -2.47. The fourth-order valence-electron chi connectivity index (χ4n) is 5.87. The minimum atomic E-state index is -1.56. The largest absolute Gasteiger partial charge is 0.352 e. The third kappa shape index (κ3) is 6.41. The molecule has 2 amide bonds. The minimum absolute atomic E-state index is 0.0538. The van der Waals surface area contributed by atoms with Gasteiger partial charge in [-0.2, -0.15) is 0 Å². The Kier molecular flexibility index (Phi) is 9.03. The van der Waals surface area contributed by atoms with Crippen LogP contribution in [0.15, 0.2) is 48.5 Å². The number of unbranched alkanes of at least 4 members (excludes halogenated alkanes) is 2. The second kappa shape index (κ2) is 12.0. The molecule has 1 saturated heterocycles. The number of rotatable bonds is 12. The number of likely N-dealkylation sites (tertiary alicyclic amines) is 1. The van der Waals surface area contributed by atoms with Gasteiger partial charge in [-0.05, 0) is 61.4 Å². The molecule has 2 aromatic carbocycles. The van der Waals surface area contributed by atoms with E-state index < -0.39 is 10.8 Å². The predicted molar refractivity (Wildman–Crippen MR) is 151 cm³/mol. The van der Waals surface area contributed by atoms with Crippen molar-refractivity contribution in [3.63, 3.8) is 0 Å². The quantitative estimate of drug-likeness (QED) is 0.297. The Morgan fingerprint density at radius 1 is 1.08 bits per heavy atom. The Balaban J connectivity index is 1.43. The van der Waals surface area contributed by atoms with Gasteiger partial charge in [0.25, 0.3) is 0 Å². The van der Waals surface area contributed by atoms with Gasteiger partial charge in [-0.25, -0.2) is 4.39 Å². The highest BCUT2D eigenvalue weighted by molar-refractivity contribution is 7.18. The highest BCUT2D eigenvalue weighted by atomic mass is 31.0. The molecule has 4 rings (SSSR count). The first-order valence-electron chi connectivity index (χ1n) is 13.7. The van der Waals surface area contributed by atoms with Crippen molar-refractivity contribution in [1.29, 1.82) is 0 Å². The number of amides is 2. The van der Waals surface area contributed by atoms with Gasteiger partial charge in [0, 0.05) is 25.6 Å². The molecule has 2 aliphatic rings. The van der Waals surface area contributed by atoms with E-state index in [1.165, 1.54) is 6.92 Å². The number of hydrogen-bond donors (Lipinski definition) is 2. The van der Waals surface area contributed by atoms with Crippen LogP contribution in [0.5, 0.6) is 0 Å². The first-order valence-corrected chi connectivity index (χ1v) is 14.3. The van der Waals surface area contributed by atoms with Gasteiger partial charge in [0.2, 0.25) is 11.8 Å². The molecule has 0 bridgehead atoms. The second-order valence-corrected chi connectivity index (χ2v) is 12.1. The number of carbonyl (C=O) groups excluding carboxylic acids is 2. The van der Waals surface area contributed by atoms with E-state index in [0.29, 0.717) is 12.8 Å². The maximum absolute atomic E-state index is 14.3. The Morgan fingerprint density at radius 2 is 1.73 bits per heavy atom. The zero-order valence-corrected chi connectivity index (χ0v) is 23.3. The smallest absolute Gasteiger partial charge is 0.235 e. The molecule has 1 heterocycles. The van der Waals surface area contributed by atoms with Crippen LogP contribution < -0.4 is 10.6 Å². The SMILES string of the molecule is CCCCC(=O)NC1CCN(CCCCC2(C(=O)NCC(C)(F)P)c3ccccc3-c3ccccc32)C1. The molecular formula is C30H41FN3O2P. The van der Waals surface area contributed by atoms with Crippen LogP contribution in [0.3, 0.4) is 0 Å². The lowest BCUT2D eigenvalue weighted by molar-refractivity contribution is -0.126. The number of nitrogens with zero attached hydrogens (tertiary/aromatic N) is 1. The van der Waals surface area contributed by atoms with E-state index in [1.807, 2.05) is 24.3 Å². The fourth-order valence-corrected chi connectivity index (χ4v) is 5.98. The molecule has 200 valence electrons. The zero-order chi connectivity index (χ0) is 26.5. The number of alkyl halides is 1. The van der Waals surface area contributed by atoms with Gasteiger partial charge < -0.3 is 15.5 Å². The Hall–Kier alpha value is -2.30. The molecule has 2 N–H and O–H groups in total. The Morgan fingerprint density at radius 3 is 2.35 bits per heavy atom. The summed E-state index contributed by atoms with van der Waals surface area (Å²) in [6.07, 6.45) is 6.06. The second-order valence-electron chi connectivity index (χ2n) is 10.9. The van der Waals surface area contributed by atoms with Crippen molar-refractivity contribution in [2.45, 2.75) is 75.7 Å². The van der Waals surface area contributed by atoms with Crippen LogP contribution in [-0.4, -0.2) is 54.3 Å². The average Bonchev–Trinajstić information content (AvgIpc) is 3.44. The summed E-state index contributed by atoms with van der Waals surface area (Å²) in [5.41, 5.74) is 3.36. The standard InChI is InChI=1S/C30H41FN3O2P/c1-3-4-15-27(35)33-22-16-19-34(20-22)18-10-9-17-30(28(36)32-21-29(2,31)37)25-13-7-5-11-23(25)24-12-6-8-14-26(24)30/h5-8,11-14,22H,3-4,9-10,15-21,37H2,1-2H3,(H,32,36)(H,33,35). The van der Waals surface area contributed by atoms with Gasteiger partial charge in [-0.3, -0.25) is 9.59 Å². The molecule has 0 spiro atoms. The highest BCUT2D eigenvalue weighted by Crippen LogP contribution is 2.51.